The van der Waals surface area contributed by atoms with Crippen LogP contribution in [0, 0.1) is 19.8 Å². The van der Waals surface area contributed by atoms with E-state index >= 15 is 0 Å². The van der Waals surface area contributed by atoms with Gasteiger partial charge < -0.3 is 16.0 Å². The minimum absolute atomic E-state index is 0.124. The molecule has 2 amide bonds. The van der Waals surface area contributed by atoms with Gasteiger partial charge in [-0.25, -0.2) is 0 Å². The summed E-state index contributed by atoms with van der Waals surface area (Å²) in [4.78, 5) is 25.9. The number of carbonyl (C=O) groups excluding carboxylic acids is 2. The topological polar surface area (TPSA) is 70.2 Å². The van der Waals surface area contributed by atoms with Crippen molar-refractivity contribution < 1.29 is 9.59 Å². The Balaban J connectivity index is 1.68. The van der Waals surface area contributed by atoms with E-state index < -0.39 is 6.04 Å². The van der Waals surface area contributed by atoms with Gasteiger partial charge in [-0.15, -0.1) is 0 Å². The maximum absolute atomic E-state index is 12.9. The Bertz CT molecular complexity index is 871. The van der Waals surface area contributed by atoms with Crippen molar-refractivity contribution in [3.63, 3.8) is 0 Å². The highest BCUT2D eigenvalue weighted by molar-refractivity contribution is 5.98. The van der Waals surface area contributed by atoms with Gasteiger partial charge in [0.05, 0.1) is 6.04 Å². The fraction of sp³-hybridized carbons (Fsp3) is 0.417. The van der Waals surface area contributed by atoms with Crippen molar-refractivity contribution >= 4 is 17.5 Å². The molecular formula is C24H31N3O2. The lowest BCUT2D eigenvalue weighted by atomic mass is 9.95. The number of hydrogen-bond donors (Lipinski definition) is 3. The maximum Gasteiger partial charge on any atom is 0.246 e. The molecule has 3 N–H and O–H groups in total. The van der Waals surface area contributed by atoms with Crippen LogP contribution in [0.4, 0.5) is 5.69 Å². The highest BCUT2D eigenvalue weighted by Crippen LogP contribution is 2.18. The molecule has 0 spiro atoms. The Morgan fingerprint density at radius 2 is 1.72 bits per heavy atom. The number of nitrogens with one attached hydrogen (secondary N) is 3. The quantitative estimate of drug-likeness (QED) is 0.704. The third-order valence-corrected chi connectivity index (χ3v) is 5.23. The first kappa shape index (κ1) is 21.1. The molecule has 3 rings (SSSR count). The first-order valence-electron chi connectivity index (χ1n) is 10.3. The Labute approximate surface area is 173 Å². The Kier molecular flexibility index (Phi) is 6.70. The van der Waals surface area contributed by atoms with E-state index in [0.29, 0.717) is 19.4 Å². The minimum atomic E-state index is -0.567. The van der Waals surface area contributed by atoms with Crippen LogP contribution in [0.15, 0.2) is 42.5 Å². The summed E-state index contributed by atoms with van der Waals surface area (Å²) in [5.74, 6) is -0.0145. The third kappa shape index (κ3) is 5.67. The van der Waals surface area contributed by atoms with Crippen molar-refractivity contribution in [3.05, 3.63) is 64.7 Å². The van der Waals surface area contributed by atoms with Gasteiger partial charge in [-0.05, 0) is 67.0 Å². The van der Waals surface area contributed by atoms with Crippen LogP contribution in [0.5, 0.6) is 0 Å². The molecule has 5 heteroatoms. The zero-order valence-corrected chi connectivity index (χ0v) is 17.7. The fourth-order valence-corrected chi connectivity index (χ4v) is 3.89. The van der Waals surface area contributed by atoms with Crippen LogP contribution >= 0.6 is 0 Å². The monoisotopic (exact) mass is 393 g/mol. The summed E-state index contributed by atoms with van der Waals surface area (Å²) in [6.45, 7) is 8.78. The highest BCUT2D eigenvalue weighted by atomic mass is 16.2. The van der Waals surface area contributed by atoms with Gasteiger partial charge in [-0.3, -0.25) is 9.59 Å². The predicted molar refractivity (Wildman–Crippen MR) is 117 cm³/mol. The summed E-state index contributed by atoms with van der Waals surface area (Å²) in [7, 11) is 0. The second-order valence-electron chi connectivity index (χ2n) is 8.46. The largest absolute Gasteiger partial charge is 0.343 e. The number of amides is 2. The smallest absolute Gasteiger partial charge is 0.246 e. The summed E-state index contributed by atoms with van der Waals surface area (Å²) in [6, 6.07) is 13.2. The lowest BCUT2D eigenvalue weighted by Crippen LogP contribution is -2.53. The molecule has 0 radical (unpaired) electrons. The molecule has 2 aromatic rings. The van der Waals surface area contributed by atoms with Gasteiger partial charge in [0.2, 0.25) is 11.8 Å². The number of aryl methyl sites for hydroxylation is 2. The number of fused-ring (bicyclic) bond motifs is 1. The third-order valence-electron chi connectivity index (χ3n) is 5.23. The van der Waals surface area contributed by atoms with Crippen molar-refractivity contribution in [2.75, 3.05) is 5.32 Å². The van der Waals surface area contributed by atoms with Crippen molar-refractivity contribution in [1.82, 2.24) is 10.6 Å². The van der Waals surface area contributed by atoms with Crippen LogP contribution in [0.3, 0.4) is 0 Å². The second kappa shape index (κ2) is 9.23. The van der Waals surface area contributed by atoms with Gasteiger partial charge in [0.1, 0.15) is 6.04 Å². The van der Waals surface area contributed by atoms with Crippen molar-refractivity contribution in [1.29, 1.82) is 0 Å². The van der Waals surface area contributed by atoms with Gasteiger partial charge >= 0.3 is 0 Å². The number of carbonyl (C=O) groups is 2. The zero-order valence-electron chi connectivity index (χ0n) is 17.7. The molecule has 29 heavy (non-hydrogen) atoms. The number of hydrogen-bond acceptors (Lipinski definition) is 3. The molecule has 0 saturated carbocycles. The molecule has 2 aromatic carbocycles. The molecule has 2 unspecified atom stereocenters. The van der Waals surface area contributed by atoms with Crippen LogP contribution in [0.1, 0.15) is 42.5 Å². The average Bonchev–Trinajstić information content (AvgIpc) is 2.65. The SMILES string of the molecule is Cc1cc(C)cc(NC(=O)C(CC(C)C)NC(=O)C2Cc3ccccc3CN2)c1. The van der Waals surface area contributed by atoms with E-state index in [-0.39, 0.29) is 23.8 Å². The zero-order chi connectivity index (χ0) is 21.0. The Hall–Kier alpha value is -2.66. The molecule has 154 valence electrons. The average molecular weight is 394 g/mol. The lowest BCUT2D eigenvalue weighted by molar-refractivity contribution is -0.128. The molecule has 1 aliphatic rings. The van der Waals surface area contributed by atoms with Crippen LogP contribution in [-0.2, 0) is 22.6 Å². The first-order valence-corrected chi connectivity index (χ1v) is 10.3. The molecule has 0 aromatic heterocycles. The Morgan fingerprint density at radius 1 is 1.07 bits per heavy atom. The standard InChI is InChI=1S/C24H31N3O2/c1-15(2)9-22(24(29)26-20-11-16(3)10-17(4)12-20)27-23(28)21-13-18-7-5-6-8-19(18)14-25-21/h5-8,10-12,15,21-22,25H,9,13-14H2,1-4H3,(H,26,29)(H,27,28). The van der Waals surface area contributed by atoms with E-state index in [1.54, 1.807) is 0 Å². The molecule has 0 bridgehead atoms. The summed E-state index contributed by atoms with van der Waals surface area (Å²) in [6.07, 6.45) is 1.22. The van der Waals surface area contributed by atoms with Crippen molar-refractivity contribution in [3.8, 4) is 0 Å². The van der Waals surface area contributed by atoms with E-state index in [1.165, 1.54) is 11.1 Å². The van der Waals surface area contributed by atoms with Gasteiger partial charge in [-0.2, -0.15) is 0 Å². The number of benzene rings is 2. The molecule has 1 heterocycles. The van der Waals surface area contributed by atoms with Crippen LogP contribution in [0.25, 0.3) is 0 Å². The van der Waals surface area contributed by atoms with Gasteiger partial charge in [0.25, 0.3) is 0 Å². The predicted octanol–water partition coefficient (Wildman–Crippen LogP) is 3.49. The van der Waals surface area contributed by atoms with E-state index in [4.69, 9.17) is 0 Å². The molecular weight excluding hydrogens is 362 g/mol. The van der Waals surface area contributed by atoms with Gasteiger partial charge in [0.15, 0.2) is 0 Å². The Morgan fingerprint density at radius 3 is 2.38 bits per heavy atom. The molecule has 2 atom stereocenters. The van der Waals surface area contributed by atoms with E-state index in [1.807, 2.05) is 38.1 Å². The van der Waals surface area contributed by atoms with E-state index in [0.717, 1.165) is 16.8 Å². The summed E-state index contributed by atoms with van der Waals surface area (Å²) < 4.78 is 0. The molecule has 0 saturated heterocycles. The minimum Gasteiger partial charge on any atom is -0.343 e. The van der Waals surface area contributed by atoms with E-state index in [9.17, 15) is 9.59 Å². The first-order chi connectivity index (χ1) is 13.8. The summed E-state index contributed by atoms with van der Waals surface area (Å²) in [5, 5.41) is 9.26. The highest BCUT2D eigenvalue weighted by Gasteiger charge is 2.28. The molecule has 0 fully saturated rings. The van der Waals surface area contributed by atoms with Crippen LogP contribution in [-0.4, -0.2) is 23.9 Å². The van der Waals surface area contributed by atoms with Gasteiger partial charge in [-0.1, -0.05) is 44.2 Å². The number of rotatable bonds is 6. The van der Waals surface area contributed by atoms with E-state index in [2.05, 4.69) is 48.0 Å². The molecule has 0 aliphatic carbocycles. The summed E-state index contributed by atoms with van der Waals surface area (Å²) >= 11 is 0. The summed E-state index contributed by atoms with van der Waals surface area (Å²) in [5.41, 5.74) is 5.36. The molecule has 5 nitrogen and oxygen atoms in total. The second-order valence-corrected chi connectivity index (χ2v) is 8.46. The van der Waals surface area contributed by atoms with Gasteiger partial charge in [0, 0.05) is 12.2 Å². The number of anilines is 1. The lowest BCUT2D eigenvalue weighted by Gasteiger charge is -2.28. The molecule has 1 aliphatic heterocycles. The van der Waals surface area contributed by atoms with Crippen molar-refractivity contribution in [2.24, 2.45) is 5.92 Å². The van der Waals surface area contributed by atoms with Crippen LogP contribution in [0.2, 0.25) is 0 Å². The fourth-order valence-electron chi connectivity index (χ4n) is 3.89. The van der Waals surface area contributed by atoms with Crippen molar-refractivity contribution in [2.45, 2.75) is 59.2 Å². The maximum atomic E-state index is 12.9. The van der Waals surface area contributed by atoms with Crippen LogP contribution < -0.4 is 16.0 Å². The normalized spacial score (nSPS) is 16.8.